The van der Waals surface area contributed by atoms with Gasteiger partial charge >= 0.3 is 0 Å². The molecular formula is C23H26O6. The van der Waals surface area contributed by atoms with E-state index < -0.39 is 5.41 Å². The normalized spacial score (nSPS) is 16.9. The van der Waals surface area contributed by atoms with E-state index in [0.717, 1.165) is 22.3 Å². The lowest BCUT2D eigenvalue weighted by molar-refractivity contribution is -0.153. The molecule has 2 aromatic carbocycles. The fraction of sp³-hybridized carbons (Fsp3) is 0.435. The van der Waals surface area contributed by atoms with Crippen molar-refractivity contribution in [1.82, 2.24) is 0 Å². The molecule has 0 unspecified atom stereocenters. The van der Waals surface area contributed by atoms with Crippen LogP contribution in [0.4, 0.5) is 0 Å². The van der Waals surface area contributed by atoms with Gasteiger partial charge in [0.1, 0.15) is 6.61 Å². The van der Waals surface area contributed by atoms with Crippen molar-refractivity contribution in [1.29, 1.82) is 0 Å². The Labute approximate surface area is 170 Å². The largest absolute Gasteiger partial charge is 0.490 e. The highest BCUT2D eigenvalue weighted by Crippen LogP contribution is 2.47. The van der Waals surface area contributed by atoms with Crippen LogP contribution < -0.4 is 14.2 Å². The van der Waals surface area contributed by atoms with Gasteiger partial charge in [0.2, 0.25) is 5.75 Å². The maximum atomic E-state index is 12.2. The van der Waals surface area contributed by atoms with Crippen molar-refractivity contribution in [2.24, 2.45) is 5.41 Å². The van der Waals surface area contributed by atoms with Gasteiger partial charge in [-0.15, -0.1) is 0 Å². The van der Waals surface area contributed by atoms with E-state index in [1.807, 2.05) is 37.3 Å². The van der Waals surface area contributed by atoms with Gasteiger partial charge in [-0.2, -0.15) is 0 Å². The fourth-order valence-electron chi connectivity index (χ4n) is 3.94. The van der Waals surface area contributed by atoms with Gasteiger partial charge in [-0.05, 0) is 36.6 Å². The Morgan fingerprint density at radius 2 is 1.83 bits per heavy atom. The number of benzene rings is 2. The van der Waals surface area contributed by atoms with Gasteiger partial charge in [-0.1, -0.05) is 18.2 Å². The first kappa shape index (κ1) is 19.7. The van der Waals surface area contributed by atoms with E-state index in [-0.39, 0.29) is 12.4 Å². The predicted octanol–water partition coefficient (Wildman–Crippen LogP) is 3.28. The third-order valence-corrected chi connectivity index (χ3v) is 5.62. The van der Waals surface area contributed by atoms with Crippen LogP contribution in [0.3, 0.4) is 0 Å². The zero-order valence-corrected chi connectivity index (χ0v) is 16.8. The second-order valence-corrected chi connectivity index (χ2v) is 7.60. The van der Waals surface area contributed by atoms with E-state index in [0.29, 0.717) is 56.5 Å². The van der Waals surface area contributed by atoms with Crippen LogP contribution in [-0.2, 0) is 11.2 Å². The number of carbonyl (C=O) groups is 1. The van der Waals surface area contributed by atoms with Gasteiger partial charge in [-0.3, -0.25) is 4.79 Å². The molecule has 0 amide bonds. The molecule has 29 heavy (non-hydrogen) atoms. The lowest BCUT2D eigenvalue weighted by Gasteiger charge is -2.39. The molecule has 0 atom stereocenters. The Morgan fingerprint density at radius 1 is 1.03 bits per heavy atom. The van der Waals surface area contributed by atoms with Crippen LogP contribution in [0.1, 0.15) is 29.3 Å². The van der Waals surface area contributed by atoms with Crippen LogP contribution in [0.2, 0.25) is 0 Å². The monoisotopic (exact) mass is 398 g/mol. The summed E-state index contributed by atoms with van der Waals surface area (Å²) in [6.07, 6.45) is 1.25. The second kappa shape index (κ2) is 8.05. The summed E-state index contributed by atoms with van der Waals surface area (Å²) >= 11 is 0. The molecule has 0 radical (unpaired) electrons. The first-order valence-electron chi connectivity index (χ1n) is 9.93. The molecule has 1 N–H and O–H groups in total. The number of Topliss-reactive ketones (excluding diaryl/α,β-unsaturated/α-hetero) is 1. The number of hydrogen-bond donors (Lipinski definition) is 1. The van der Waals surface area contributed by atoms with Crippen molar-refractivity contribution in [2.45, 2.75) is 19.8 Å². The summed E-state index contributed by atoms with van der Waals surface area (Å²) in [6, 6.07) is 9.61. The van der Waals surface area contributed by atoms with Crippen molar-refractivity contribution >= 4 is 5.78 Å². The number of fused-ring (bicyclic) bond motifs is 1. The van der Waals surface area contributed by atoms with Crippen LogP contribution in [0.15, 0.2) is 30.3 Å². The van der Waals surface area contributed by atoms with E-state index in [4.69, 9.17) is 18.9 Å². The van der Waals surface area contributed by atoms with Gasteiger partial charge < -0.3 is 24.1 Å². The molecule has 0 bridgehead atoms. The van der Waals surface area contributed by atoms with Gasteiger partial charge in [-0.25, -0.2) is 0 Å². The van der Waals surface area contributed by atoms with Gasteiger partial charge in [0.25, 0.3) is 0 Å². The third kappa shape index (κ3) is 3.47. The van der Waals surface area contributed by atoms with Crippen molar-refractivity contribution in [2.75, 3.05) is 40.1 Å². The van der Waals surface area contributed by atoms with E-state index in [9.17, 15) is 9.90 Å². The summed E-state index contributed by atoms with van der Waals surface area (Å²) in [4.78, 5) is 12.2. The molecule has 4 rings (SSSR count). The lowest BCUT2D eigenvalue weighted by atomic mass is 9.88. The molecule has 0 spiro atoms. The second-order valence-electron chi connectivity index (χ2n) is 7.60. The zero-order valence-electron chi connectivity index (χ0n) is 16.8. The van der Waals surface area contributed by atoms with E-state index in [1.54, 1.807) is 7.11 Å². The van der Waals surface area contributed by atoms with E-state index >= 15 is 0 Å². The molecule has 0 aromatic heterocycles. The average Bonchev–Trinajstić information content (AvgIpc) is 3.09. The summed E-state index contributed by atoms with van der Waals surface area (Å²) in [5.41, 5.74) is 3.23. The van der Waals surface area contributed by atoms with E-state index in [1.165, 1.54) is 0 Å². The highest BCUT2D eigenvalue weighted by Gasteiger charge is 2.40. The van der Waals surface area contributed by atoms with Crippen LogP contribution in [0.25, 0.3) is 11.1 Å². The molecule has 1 aliphatic carbocycles. The van der Waals surface area contributed by atoms with Gasteiger partial charge in [0, 0.05) is 17.5 Å². The quantitative estimate of drug-likeness (QED) is 0.736. The standard InChI is InChI=1S/C23H26O6/c1-3-28-20-10-8-18(15-5-4-6-17-16(15)7-9-19(17)25)21(22(20)26-2)29-14-23(11-24)12-27-13-23/h4-6,8,10,24H,3,7,9,11-14H2,1-2H3. The maximum Gasteiger partial charge on any atom is 0.203 e. The van der Waals surface area contributed by atoms with Crippen molar-refractivity contribution in [3.63, 3.8) is 0 Å². The predicted molar refractivity (Wildman–Crippen MR) is 108 cm³/mol. The van der Waals surface area contributed by atoms with Gasteiger partial charge in [0.05, 0.1) is 39.0 Å². The third-order valence-electron chi connectivity index (χ3n) is 5.62. The summed E-state index contributed by atoms with van der Waals surface area (Å²) in [5.74, 6) is 1.85. The molecule has 1 aliphatic heterocycles. The fourth-order valence-corrected chi connectivity index (χ4v) is 3.94. The number of hydrogen-bond acceptors (Lipinski definition) is 6. The molecule has 1 heterocycles. The molecule has 0 saturated carbocycles. The minimum absolute atomic E-state index is 0.00889. The maximum absolute atomic E-state index is 12.2. The Morgan fingerprint density at radius 3 is 2.48 bits per heavy atom. The number of carbonyl (C=O) groups excluding carboxylic acids is 1. The molecule has 154 valence electrons. The minimum atomic E-state index is -0.404. The Hall–Kier alpha value is -2.57. The lowest BCUT2D eigenvalue weighted by Crippen LogP contribution is -2.50. The topological polar surface area (TPSA) is 74.2 Å². The Kier molecular flexibility index (Phi) is 5.48. The first-order valence-corrected chi connectivity index (χ1v) is 9.93. The highest BCUT2D eigenvalue weighted by atomic mass is 16.5. The molecule has 2 aromatic rings. The Bertz CT molecular complexity index is 910. The summed E-state index contributed by atoms with van der Waals surface area (Å²) < 4.78 is 23.0. The number of ether oxygens (including phenoxy) is 4. The van der Waals surface area contributed by atoms with Crippen molar-refractivity contribution in [3.05, 3.63) is 41.5 Å². The summed E-state index contributed by atoms with van der Waals surface area (Å²) in [6.45, 7) is 3.62. The van der Waals surface area contributed by atoms with Crippen LogP contribution in [-0.4, -0.2) is 51.0 Å². The molecular weight excluding hydrogens is 372 g/mol. The number of rotatable bonds is 8. The minimum Gasteiger partial charge on any atom is -0.490 e. The number of methoxy groups -OCH3 is 1. The van der Waals surface area contributed by atoms with Crippen LogP contribution >= 0.6 is 0 Å². The smallest absolute Gasteiger partial charge is 0.203 e. The number of ketones is 1. The Balaban J connectivity index is 1.80. The van der Waals surface area contributed by atoms with Gasteiger partial charge in [0.15, 0.2) is 17.3 Å². The highest BCUT2D eigenvalue weighted by molar-refractivity contribution is 6.02. The summed E-state index contributed by atoms with van der Waals surface area (Å²) in [5, 5.41) is 9.77. The molecule has 6 heteroatoms. The van der Waals surface area contributed by atoms with Crippen molar-refractivity contribution in [3.8, 4) is 28.4 Å². The zero-order chi connectivity index (χ0) is 20.4. The molecule has 1 fully saturated rings. The molecule has 6 nitrogen and oxygen atoms in total. The van der Waals surface area contributed by atoms with Crippen LogP contribution in [0, 0.1) is 5.41 Å². The summed E-state index contributed by atoms with van der Waals surface area (Å²) in [7, 11) is 1.59. The number of aliphatic hydroxyl groups is 1. The average molecular weight is 398 g/mol. The van der Waals surface area contributed by atoms with Crippen molar-refractivity contribution < 1.29 is 28.8 Å². The van der Waals surface area contributed by atoms with E-state index in [2.05, 4.69) is 0 Å². The molecule has 2 aliphatic rings. The number of aliphatic hydroxyl groups excluding tert-OH is 1. The first-order chi connectivity index (χ1) is 14.1. The van der Waals surface area contributed by atoms with Crippen LogP contribution in [0.5, 0.6) is 17.2 Å². The molecule has 1 saturated heterocycles. The SMILES string of the molecule is CCOc1ccc(-c2cccc3c2CCC3=O)c(OCC2(CO)COC2)c1OC.